The molecule has 1 aliphatic carbocycles. The van der Waals surface area contributed by atoms with Gasteiger partial charge in [-0.25, -0.2) is 4.98 Å². The zero-order chi connectivity index (χ0) is 20.0. The number of amides is 1. The molecule has 1 aliphatic rings. The van der Waals surface area contributed by atoms with Gasteiger partial charge in [0, 0.05) is 15.6 Å². The van der Waals surface area contributed by atoms with Crippen molar-refractivity contribution in [1.29, 1.82) is 0 Å². The number of hydrogen-bond donors (Lipinski definition) is 1. The van der Waals surface area contributed by atoms with Crippen molar-refractivity contribution in [2.24, 2.45) is 5.92 Å². The second-order valence-electron chi connectivity index (χ2n) is 7.54. The highest BCUT2D eigenvalue weighted by molar-refractivity contribution is 7.18. The van der Waals surface area contributed by atoms with Gasteiger partial charge in [0.2, 0.25) is 5.91 Å². The summed E-state index contributed by atoms with van der Waals surface area (Å²) in [5.41, 5.74) is 2.47. The Balaban J connectivity index is 1.68. The van der Waals surface area contributed by atoms with E-state index in [9.17, 15) is 9.59 Å². The normalized spacial score (nSPS) is 16.2. The van der Waals surface area contributed by atoms with E-state index in [1.165, 1.54) is 9.44 Å². The summed E-state index contributed by atoms with van der Waals surface area (Å²) in [4.78, 5) is 32.5. The average Bonchev–Trinajstić information content (AvgIpc) is 2.99. The van der Waals surface area contributed by atoms with Crippen LogP contribution in [0.25, 0.3) is 10.2 Å². The van der Waals surface area contributed by atoms with Crippen molar-refractivity contribution in [1.82, 2.24) is 9.55 Å². The zero-order valence-electron chi connectivity index (χ0n) is 16.1. The molecule has 0 fully saturated rings. The number of carbonyl (C=O) groups is 1. The number of aryl methyl sites for hydroxylation is 2. The largest absolute Gasteiger partial charge is 0.324 e. The number of fused-ring (bicyclic) bond motifs is 3. The van der Waals surface area contributed by atoms with Crippen LogP contribution in [0.15, 0.2) is 23.0 Å². The van der Waals surface area contributed by atoms with E-state index >= 15 is 0 Å². The first-order chi connectivity index (χ1) is 13.3. The molecule has 0 saturated heterocycles. The number of hydrogen-bond acceptors (Lipinski definition) is 4. The van der Waals surface area contributed by atoms with E-state index in [1.54, 1.807) is 36.5 Å². The lowest BCUT2D eigenvalue weighted by molar-refractivity contribution is -0.116. The smallest absolute Gasteiger partial charge is 0.263 e. The third-order valence-electron chi connectivity index (χ3n) is 5.45. The molecule has 1 aromatic carbocycles. The van der Waals surface area contributed by atoms with E-state index in [2.05, 4.69) is 17.2 Å². The van der Waals surface area contributed by atoms with Crippen molar-refractivity contribution in [2.75, 3.05) is 5.32 Å². The third kappa shape index (κ3) is 3.35. The minimum absolute atomic E-state index is 0.0689. The molecule has 1 atom stereocenters. The molecule has 0 spiro atoms. The number of nitrogens with one attached hydrogen (secondary N) is 1. The maximum atomic E-state index is 13.2. The molecule has 0 saturated carbocycles. The zero-order valence-corrected chi connectivity index (χ0v) is 17.7. The molecule has 3 aromatic rings. The molecule has 0 bridgehead atoms. The van der Waals surface area contributed by atoms with Gasteiger partial charge in [-0.1, -0.05) is 24.6 Å². The lowest BCUT2D eigenvalue weighted by Gasteiger charge is -2.17. The van der Waals surface area contributed by atoms with Crippen molar-refractivity contribution in [3.63, 3.8) is 0 Å². The molecule has 1 N–H and O–H groups in total. The molecule has 1 unspecified atom stereocenters. The number of benzene rings is 1. The molecule has 28 heavy (non-hydrogen) atoms. The van der Waals surface area contributed by atoms with Crippen molar-refractivity contribution < 1.29 is 4.79 Å². The fourth-order valence-corrected chi connectivity index (χ4v) is 5.38. The van der Waals surface area contributed by atoms with Gasteiger partial charge in [-0.2, -0.15) is 0 Å². The minimum atomic E-state index is -0.269. The molecule has 2 aromatic heterocycles. The first-order valence-electron chi connectivity index (χ1n) is 9.41. The monoisotopic (exact) mass is 415 g/mol. The lowest BCUT2D eigenvalue weighted by atomic mass is 9.89. The first kappa shape index (κ1) is 19.2. The van der Waals surface area contributed by atoms with Crippen molar-refractivity contribution in [3.05, 3.63) is 55.4 Å². The van der Waals surface area contributed by atoms with E-state index in [-0.39, 0.29) is 18.0 Å². The van der Waals surface area contributed by atoms with Gasteiger partial charge in [0.05, 0.1) is 5.39 Å². The van der Waals surface area contributed by atoms with Gasteiger partial charge in [0.15, 0.2) is 0 Å². The minimum Gasteiger partial charge on any atom is -0.324 e. The average molecular weight is 416 g/mol. The molecule has 0 aliphatic heterocycles. The molecule has 4 rings (SSSR count). The van der Waals surface area contributed by atoms with E-state index in [0.717, 1.165) is 35.2 Å². The molecule has 1 amide bonds. The molecule has 146 valence electrons. The van der Waals surface area contributed by atoms with Crippen LogP contribution in [-0.2, 0) is 24.2 Å². The number of rotatable bonds is 3. The highest BCUT2D eigenvalue weighted by atomic mass is 35.5. The van der Waals surface area contributed by atoms with Crippen LogP contribution < -0.4 is 10.9 Å². The Bertz CT molecular complexity index is 1150. The van der Waals surface area contributed by atoms with E-state index in [4.69, 9.17) is 11.6 Å². The molecule has 5 nitrogen and oxygen atoms in total. The van der Waals surface area contributed by atoms with Crippen LogP contribution in [0.3, 0.4) is 0 Å². The van der Waals surface area contributed by atoms with Gasteiger partial charge in [-0.05, 0) is 62.3 Å². The first-order valence-corrected chi connectivity index (χ1v) is 10.6. The Morgan fingerprint density at radius 2 is 2.18 bits per heavy atom. The van der Waals surface area contributed by atoms with Gasteiger partial charge >= 0.3 is 0 Å². The Labute approximate surface area is 172 Å². The molecule has 7 heteroatoms. The summed E-state index contributed by atoms with van der Waals surface area (Å²) in [6, 6.07) is 5.36. The van der Waals surface area contributed by atoms with Crippen LogP contribution in [0.1, 0.15) is 35.2 Å². The van der Waals surface area contributed by atoms with E-state index in [1.807, 2.05) is 6.92 Å². The summed E-state index contributed by atoms with van der Waals surface area (Å²) in [5.74, 6) is 0.923. The predicted octanol–water partition coefficient (Wildman–Crippen LogP) is 4.49. The highest BCUT2D eigenvalue weighted by Gasteiger charge is 2.24. The lowest BCUT2D eigenvalue weighted by Crippen LogP contribution is -2.30. The Morgan fingerprint density at radius 3 is 2.96 bits per heavy atom. The van der Waals surface area contributed by atoms with Crippen molar-refractivity contribution in [2.45, 2.75) is 46.6 Å². The van der Waals surface area contributed by atoms with Gasteiger partial charge in [0.1, 0.15) is 17.2 Å². The molecule has 2 heterocycles. The number of halogens is 1. The van der Waals surface area contributed by atoms with Gasteiger partial charge in [-0.15, -0.1) is 11.3 Å². The van der Waals surface area contributed by atoms with Gasteiger partial charge in [-0.3, -0.25) is 14.2 Å². The van der Waals surface area contributed by atoms with Crippen molar-refractivity contribution >= 4 is 44.7 Å². The second kappa shape index (κ2) is 7.33. The molecule has 0 radical (unpaired) electrons. The number of anilines is 1. The maximum absolute atomic E-state index is 13.2. The van der Waals surface area contributed by atoms with Crippen LogP contribution in [0.4, 0.5) is 5.69 Å². The fraction of sp³-hybridized carbons (Fsp3) is 0.381. The Kier molecular flexibility index (Phi) is 5.02. The number of carbonyl (C=O) groups excluding carboxylic acids is 1. The van der Waals surface area contributed by atoms with Crippen LogP contribution >= 0.6 is 22.9 Å². The number of nitrogens with zero attached hydrogens (tertiary/aromatic N) is 2. The van der Waals surface area contributed by atoms with E-state index < -0.39 is 0 Å². The second-order valence-corrected chi connectivity index (χ2v) is 9.03. The molecular formula is C21H22ClN3O2S. The van der Waals surface area contributed by atoms with E-state index in [0.29, 0.717) is 27.8 Å². The highest BCUT2D eigenvalue weighted by Crippen LogP contribution is 2.35. The number of aromatic nitrogens is 2. The summed E-state index contributed by atoms with van der Waals surface area (Å²) in [5, 5.41) is 4.15. The third-order valence-corrected chi connectivity index (χ3v) is 7.01. The summed E-state index contributed by atoms with van der Waals surface area (Å²) in [7, 11) is 0. The predicted molar refractivity (Wildman–Crippen MR) is 115 cm³/mol. The standard InChI is InChI=1S/C21H22ClN3O2S/c1-11-7-8-14-17(9-11)28-20-19(14)21(27)25(13(3)23-20)10-18(26)24-16-6-4-5-15(22)12(16)2/h4-6,11H,7-10H2,1-3H3,(H,24,26). The van der Waals surface area contributed by atoms with Crippen molar-refractivity contribution in [3.8, 4) is 0 Å². The summed E-state index contributed by atoms with van der Waals surface area (Å²) in [6.07, 6.45) is 2.99. The maximum Gasteiger partial charge on any atom is 0.263 e. The Hall–Kier alpha value is -2.18. The number of thiophene rings is 1. The Morgan fingerprint density at radius 1 is 1.39 bits per heavy atom. The van der Waals surface area contributed by atoms with Crippen LogP contribution in [-0.4, -0.2) is 15.5 Å². The summed E-state index contributed by atoms with van der Waals surface area (Å²) < 4.78 is 1.47. The molecular weight excluding hydrogens is 394 g/mol. The van der Waals surface area contributed by atoms with Gasteiger partial charge < -0.3 is 5.32 Å². The van der Waals surface area contributed by atoms with Crippen LogP contribution in [0.5, 0.6) is 0 Å². The quantitative estimate of drug-likeness (QED) is 0.685. The van der Waals surface area contributed by atoms with Crippen LogP contribution in [0.2, 0.25) is 5.02 Å². The summed E-state index contributed by atoms with van der Waals surface area (Å²) >= 11 is 7.75. The fourth-order valence-electron chi connectivity index (χ4n) is 3.79. The van der Waals surface area contributed by atoms with Crippen LogP contribution in [0, 0.1) is 19.8 Å². The topological polar surface area (TPSA) is 64.0 Å². The summed E-state index contributed by atoms with van der Waals surface area (Å²) in [6.45, 7) is 5.80. The van der Waals surface area contributed by atoms with Gasteiger partial charge in [0.25, 0.3) is 5.56 Å². The SMILES string of the molecule is Cc1c(Cl)cccc1NC(=O)Cn1c(C)nc2sc3c(c2c1=O)CCC(C)C3.